The molecule has 2 saturated carbocycles. The lowest BCUT2D eigenvalue weighted by Gasteiger charge is -2.50. The van der Waals surface area contributed by atoms with Gasteiger partial charge in [0.15, 0.2) is 11.5 Å². The molecule has 0 aliphatic heterocycles. The molecule has 1 unspecified atom stereocenters. The second-order valence-corrected chi connectivity index (χ2v) is 17.5. The molecule has 5 rings (SSSR count). The number of unbranched alkanes of at least 4 members (excludes halogenated alkanes) is 1. The van der Waals surface area contributed by atoms with E-state index < -0.39 is 13.5 Å². The molecule has 1 heterocycles. The molecule has 4 aliphatic rings. The Morgan fingerprint density at radius 1 is 1.27 bits per heavy atom. The van der Waals surface area contributed by atoms with E-state index in [9.17, 15) is 9.90 Å². The van der Waals surface area contributed by atoms with Gasteiger partial charge in [0.05, 0.1) is 12.6 Å². The first-order valence-electron chi connectivity index (χ1n) is 12.5. The number of aliphatic hydroxyl groups is 1. The summed E-state index contributed by atoms with van der Waals surface area (Å²) in [4.78, 5) is 16.4. The molecular weight excluding hydrogens is 432 g/mol. The van der Waals surface area contributed by atoms with E-state index in [2.05, 4.69) is 55.7 Å². The van der Waals surface area contributed by atoms with Gasteiger partial charge >= 0.3 is 0 Å². The van der Waals surface area contributed by atoms with Crippen LogP contribution in [0.3, 0.4) is 0 Å². The van der Waals surface area contributed by atoms with Gasteiger partial charge in [0, 0.05) is 25.0 Å². The first kappa shape index (κ1) is 22.9. The Morgan fingerprint density at radius 3 is 2.61 bits per heavy atom. The lowest BCUT2D eigenvalue weighted by atomic mass is 9.55. The number of hydrogen-bond donors (Lipinski definition) is 1. The molecule has 0 saturated heterocycles. The Labute approximate surface area is 198 Å². The highest BCUT2D eigenvalue weighted by atomic mass is 28.3. The quantitative estimate of drug-likeness (QED) is 0.337. The molecule has 4 aliphatic carbocycles. The molecule has 2 bridgehead atoms. The summed E-state index contributed by atoms with van der Waals surface area (Å²) < 4.78 is 11.7. The number of ketones is 1. The average Bonchev–Trinajstić information content (AvgIpc) is 3.39. The minimum atomic E-state index is -1.47. The molecule has 0 aromatic carbocycles. The zero-order valence-electron chi connectivity index (χ0n) is 21.0. The first-order valence-corrected chi connectivity index (χ1v) is 16.1. The first-order chi connectivity index (χ1) is 15.5. The van der Waals surface area contributed by atoms with Crippen LogP contribution in [0.15, 0.2) is 22.2 Å². The lowest BCUT2D eigenvalue weighted by molar-refractivity contribution is -0.127. The summed E-state index contributed by atoms with van der Waals surface area (Å²) in [5, 5.41) is 15.8. The topological polar surface area (TPSA) is 75.8 Å². The monoisotopic (exact) mass is 470 g/mol. The fourth-order valence-electron chi connectivity index (χ4n) is 7.81. The highest BCUT2D eigenvalue weighted by Gasteiger charge is 2.66. The SMILES string of the molecule is CCCCOc1noc2c1C(O)=C1C(=O)[C@H]3[C@@H](C[C@@]1(C)[C@H]2N(C)C)[C@H]1C=C[C@@H]3C1[Si](C)(C)C. The van der Waals surface area contributed by atoms with Crippen LogP contribution >= 0.6 is 0 Å². The second-order valence-electron chi connectivity index (χ2n) is 12.1. The number of carbonyl (C=O) groups is 1. The number of aromatic nitrogens is 1. The summed E-state index contributed by atoms with van der Waals surface area (Å²) in [5.41, 5.74) is 1.09. The summed E-state index contributed by atoms with van der Waals surface area (Å²) in [6, 6.07) is -0.187. The van der Waals surface area contributed by atoms with E-state index in [0.717, 1.165) is 19.3 Å². The van der Waals surface area contributed by atoms with Crippen molar-refractivity contribution in [1.29, 1.82) is 0 Å². The smallest absolute Gasteiger partial charge is 0.265 e. The van der Waals surface area contributed by atoms with E-state index in [-0.39, 0.29) is 23.5 Å². The van der Waals surface area contributed by atoms with E-state index in [0.29, 0.717) is 52.7 Å². The van der Waals surface area contributed by atoms with Crippen LogP contribution in [0.1, 0.15) is 50.5 Å². The molecule has 0 radical (unpaired) electrons. The summed E-state index contributed by atoms with van der Waals surface area (Å²) in [6.07, 6.45) is 7.46. The standard InChI is InChI=1S/C26H38N2O4Si/c1-8-9-12-31-25-18-21(30)19-20(29)17-15-11-10-14(23(15)33(5,6)7)16(17)13-26(19,2)24(28(3)4)22(18)32-27-25/h10-11,14-17,23-24,30H,8-9,12-13H2,1-7H3/t14-,15+,16+,17-,23?,24+,26-/m1/s1. The van der Waals surface area contributed by atoms with Crippen LogP contribution in [0.4, 0.5) is 0 Å². The number of carbonyl (C=O) groups excluding carboxylic acids is 1. The number of ether oxygens (including phenoxy) is 1. The van der Waals surface area contributed by atoms with Gasteiger partial charge in [0.1, 0.15) is 11.3 Å². The van der Waals surface area contributed by atoms with Crippen molar-refractivity contribution in [2.24, 2.45) is 29.1 Å². The number of Topliss-reactive ketones (excluding diaryl/α,β-unsaturated/α-hetero) is 1. The maximum absolute atomic E-state index is 14.2. The van der Waals surface area contributed by atoms with Crippen LogP contribution in [0.2, 0.25) is 25.2 Å². The zero-order valence-corrected chi connectivity index (χ0v) is 22.0. The predicted molar refractivity (Wildman–Crippen MR) is 131 cm³/mol. The fraction of sp³-hybridized carbons (Fsp3) is 0.692. The van der Waals surface area contributed by atoms with E-state index in [1.54, 1.807) is 0 Å². The zero-order chi connectivity index (χ0) is 23.9. The van der Waals surface area contributed by atoms with E-state index in [4.69, 9.17) is 9.26 Å². The molecule has 2 fully saturated rings. The molecular formula is C26H38N2O4Si. The van der Waals surface area contributed by atoms with Gasteiger partial charge < -0.3 is 14.4 Å². The Kier molecular flexibility index (Phi) is 5.25. The van der Waals surface area contributed by atoms with Crippen LogP contribution in [0.5, 0.6) is 5.88 Å². The van der Waals surface area contributed by atoms with Crippen molar-refractivity contribution in [2.45, 2.75) is 64.3 Å². The highest BCUT2D eigenvalue weighted by molar-refractivity contribution is 6.77. The van der Waals surface area contributed by atoms with E-state index in [1.165, 1.54) is 0 Å². The van der Waals surface area contributed by atoms with Crippen molar-refractivity contribution in [3.63, 3.8) is 0 Å². The molecule has 6 nitrogen and oxygen atoms in total. The van der Waals surface area contributed by atoms with Crippen LogP contribution in [-0.4, -0.2) is 49.7 Å². The average molecular weight is 471 g/mol. The van der Waals surface area contributed by atoms with Crippen molar-refractivity contribution in [2.75, 3.05) is 20.7 Å². The minimum Gasteiger partial charge on any atom is -0.507 e. The van der Waals surface area contributed by atoms with Crippen LogP contribution < -0.4 is 4.74 Å². The molecule has 180 valence electrons. The summed E-state index contributed by atoms with van der Waals surface area (Å²) in [6.45, 7) is 12.0. The lowest BCUT2D eigenvalue weighted by Crippen LogP contribution is -2.50. The summed E-state index contributed by atoms with van der Waals surface area (Å²) in [7, 11) is 2.57. The molecule has 33 heavy (non-hydrogen) atoms. The third-order valence-electron chi connectivity index (χ3n) is 8.80. The van der Waals surface area contributed by atoms with E-state index >= 15 is 0 Å². The van der Waals surface area contributed by atoms with Crippen molar-refractivity contribution in [3.05, 3.63) is 29.0 Å². The van der Waals surface area contributed by atoms with E-state index in [1.807, 2.05) is 14.1 Å². The van der Waals surface area contributed by atoms with Crippen molar-refractivity contribution < 1.29 is 19.2 Å². The molecule has 1 aromatic heterocycles. The highest BCUT2D eigenvalue weighted by Crippen LogP contribution is 2.68. The minimum absolute atomic E-state index is 0.0260. The maximum atomic E-state index is 14.2. The second kappa shape index (κ2) is 7.57. The van der Waals surface area contributed by atoms with Crippen molar-refractivity contribution in [3.8, 4) is 5.88 Å². The Bertz CT molecular complexity index is 1040. The van der Waals surface area contributed by atoms with Gasteiger partial charge in [-0.2, -0.15) is 0 Å². The van der Waals surface area contributed by atoms with Crippen LogP contribution in [0, 0.1) is 29.1 Å². The molecule has 0 amide bonds. The number of allylic oxidation sites excluding steroid dienone is 2. The molecule has 7 atom stereocenters. The van der Waals surface area contributed by atoms with Crippen LogP contribution in [-0.2, 0) is 4.79 Å². The van der Waals surface area contributed by atoms with Gasteiger partial charge in [-0.05, 0) is 55.4 Å². The van der Waals surface area contributed by atoms with Gasteiger partial charge in [0.2, 0.25) is 0 Å². The Morgan fingerprint density at radius 2 is 1.97 bits per heavy atom. The maximum Gasteiger partial charge on any atom is 0.265 e. The third-order valence-corrected chi connectivity index (χ3v) is 11.6. The van der Waals surface area contributed by atoms with Crippen LogP contribution in [0.25, 0.3) is 5.76 Å². The van der Waals surface area contributed by atoms with Crippen molar-refractivity contribution in [1.82, 2.24) is 10.1 Å². The number of nitrogens with zero attached hydrogens (tertiary/aromatic N) is 2. The normalized spacial score (nSPS) is 36.9. The number of hydrogen-bond acceptors (Lipinski definition) is 6. The fourth-order valence-corrected chi connectivity index (χ4v) is 10.8. The van der Waals surface area contributed by atoms with Gasteiger partial charge in [-0.15, -0.1) is 0 Å². The predicted octanol–water partition coefficient (Wildman–Crippen LogP) is 5.47. The molecule has 7 heteroatoms. The Balaban J connectivity index is 1.63. The summed E-state index contributed by atoms with van der Waals surface area (Å²) in [5.74, 6) is 2.12. The van der Waals surface area contributed by atoms with Gasteiger partial charge in [-0.25, -0.2) is 0 Å². The van der Waals surface area contributed by atoms with Gasteiger partial charge in [0.25, 0.3) is 5.88 Å². The molecule has 1 aromatic rings. The number of rotatable bonds is 6. The number of fused-ring (bicyclic) bond motifs is 7. The third kappa shape index (κ3) is 3.07. The Hall–Kier alpha value is -1.86. The van der Waals surface area contributed by atoms with Gasteiger partial charge in [-0.3, -0.25) is 9.69 Å². The molecule has 0 spiro atoms. The van der Waals surface area contributed by atoms with Crippen molar-refractivity contribution >= 4 is 19.6 Å². The largest absolute Gasteiger partial charge is 0.507 e. The summed E-state index contributed by atoms with van der Waals surface area (Å²) >= 11 is 0. The number of aliphatic hydroxyl groups excluding tert-OH is 1. The van der Waals surface area contributed by atoms with Gasteiger partial charge in [-0.1, -0.05) is 52.1 Å². The molecule has 1 N–H and O–H groups in total.